The molecular formula is C41H38ClN7O5S2. The summed E-state index contributed by atoms with van der Waals surface area (Å²) in [6.45, 7) is 3.52. The maximum atomic E-state index is 13.2. The summed E-state index contributed by atoms with van der Waals surface area (Å²) >= 11 is 7.78. The number of aryl methyl sites for hydroxylation is 1. The van der Waals surface area contributed by atoms with Crippen molar-refractivity contribution in [2.24, 2.45) is 7.05 Å². The smallest absolute Gasteiger partial charge is 0.354 e. The normalized spacial score (nSPS) is 13.3. The number of rotatable bonds is 14. The van der Waals surface area contributed by atoms with Gasteiger partial charge in [0.05, 0.1) is 9.82 Å². The molecule has 15 heteroatoms. The SMILES string of the molecule is Cn1nc(-c2ccc(Cl)cc2)c(-c2cccc(N3CCN(c4ccc(NS(=O)c5ccc(NCCSc6ccccc6)c([N+](=O)[O-])c5)cc4)CC3)c2)c1C(=O)O. The van der Waals surface area contributed by atoms with Crippen molar-refractivity contribution >= 4 is 68.8 Å². The average molecular weight is 808 g/mol. The molecule has 1 fully saturated rings. The van der Waals surface area contributed by atoms with E-state index in [0.717, 1.165) is 59.3 Å². The second kappa shape index (κ2) is 17.3. The van der Waals surface area contributed by atoms with Gasteiger partial charge in [-0.2, -0.15) is 5.10 Å². The summed E-state index contributed by atoms with van der Waals surface area (Å²) in [5, 5.41) is 30.3. The Kier molecular flexibility index (Phi) is 11.9. The highest BCUT2D eigenvalue weighted by molar-refractivity contribution is 7.99. The highest BCUT2D eigenvalue weighted by Gasteiger charge is 2.25. The van der Waals surface area contributed by atoms with E-state index < -0.39 is 21.9 Å². The lowest BCUT2D eigenvalue weighted by molar-refractivity contribution is -0.384. The Morgan fingerprint density at radius 3 is 2.25 bits per heavy atom. The van der Waals surface area contributed by atoms with Gasteiger partial charge in [-0.15, -0.1) is 11.8 Å². The van der Waals surface area contributed by atoms with Gasteiger partial charge in [-0.1, -0.05) is 54.1 Å². The van der Waals surface area contributed by atoms with E-state index in [-0.39, 0.29) is 11.4 Å². The molecule has 1 aromatic heterocycles. The van der Waals surface area contributed by atoms with Crippen LogP contribution < -0.4 is 19.8 Å². The fourth-order valence-corrected chi connectivity index (χ4v) is 8.43. The van der Waals surface area contributed by atoms with E-state index in [1.54, 1.807) is 43.1 Å². The molecule has 2 heterocycles. The van der Waals surface area contributed by atoms with Crippen LogP contribution in [0.15, 0.2) is 131 Å². The number of nitro benzene ring substituents is 1. The second-order valence-corrected chi connectivity index (χ2v) is 15.8. The number of carbonyl (C=O) groups is 1. The van der Waals surface area contributed by atoms with Crippen LogP contribution >= 0.6 is 23.4 Å². The average Bonchev–Trinajstić information content (AvgIpc) is 3.57. The molecule has 1 unspecified atom stereocenters. The van der Waals surface area contributed by atoms with E-state index >= 15 is 0 Å². The first kappa shape index (κ1) is 38.4. The third kappa shape index (κ3) is 8.83. The van der Waals surface area contributed by atoms with Gasteiger partial charge in [0.1, 0.15) is 11.4 Å². The number of aromatic carboxylic acids is 1. The molecule has 286 valence electrons. The predicted octanol–water partition coefficient (Wildman–Crippen LogP) is 8.68. The van der Waals surface area contributed by atoms with E-state index in [1.165, 1.54) is 10.7 Å². The van der Waals surface area contributed by atoms with Gasteiger partial charge in [-0.25, -0.2) is 9.00 Å². The number of nitro groups is 1. The topological polar surface area (TPSA) is 146 Å². The Morgan fingerprint density at radius 2 is 1.57 bits per heavy atom. The van der Waals surface area contributed by atoms with Crippen LogP contribution in [0.5, 0.6) is 0 Å². The van der Waals surface area contributed by atoms with Crippen molar-refractivity contribution in [1.29, 1.82) is 0 Å². The van der Waals surface area contributed by atoms with E-state index in [2.05, 4.69) is 24.9 Å². The van der Waals surface area contributed by atoms with Crippen molar-refractivity contribution in [2.75, 3.05) is 58.3 Å². The van der Waals surface area contributed by atoms with Crippen LogP contribution in [-0.4, -0.2) is 68.5 Å². The summed E-state index contributed by atoms with van der Waals surface area (Å²) in [5.74, 6) is -0.329. The van der Waals surface area contributed by atoms with Crippen LogP contribution in [0.2, 0.25) is 5.02 Å². The molecule has 0 saturated carbocycles. The highest BCUT2D eigenvalue weighted by Crippen LogP contribution is 2.37. The number of hydrogen-bond donors (Lipinski definition) is 3. The monoisotopic (exact) mass is 807 g/mol. The fraction of sp³-hybridized carbons (Fsp3) is 0.171. The van der Waals surface area contributed by atoms with Crippen LogP contribution in [0.1, 0.15) is 10.5 Å². The van der Waals surface area contributed by atoms with E-state index in [0.29, 0.717) is 39.1 Å². The molecule has 56 heavy (non-hydrogen) atoms. The van der Waals surface area contributed by atoms with Gasteiger partial charge in [0.25, 0.3) is 5.69 Å². The van der Waals surface area contributed by atoms with Gasteiger partial charge in [-0.05, 0) is 78.4 Å². The zero-order chi connectivity index (χ0) is 39.2. The minimum absolute atomic E-state index is 0.107. The maximum absolute atomic E-state index is 13.2. The summed E-state index contributed by atoms with van der Waals surface area (Å²) in [6, 6.07) is 37.3. The molecule has 7 rings (SSSR count). The Bertz CT molecular complexity index is 2370. The minimum atomic E-state index is -1.72. The van der Waals surface area contributed by atoms with Crippen LogP contribution in [-0.2, 0) is 18.0 Å². The van der Waals surface area contributed by atoms with Crippen LogP contribution in [0.3, 0.4) is 0 Å². The summed E-state index contributed by atoms with van der Waals surface area (Å²) in [6.07, 6.45) is 0. The Morgan fingerprint density at radius 1 is 0.875 bits per heavy atom. The summed E-state index contributed by atoms with van der Waals surface area (Å²) in [4.78, 5) is 29.8. The van der Waals surface area contributed by atoms with Crippen LogP contribution in [0, 0.1) is 10.1 Å². The van der Waals surface area contributed by atoms with Crippen LogP contribution in [0.4, 0.5) is 28.4 Å². The van der Waals surface area contributed by atoms with Gasteiger partial charge >= 0.3 is 5.97 Å². The number of carboxylic acids is 1. The van der Waals surface area contributed by atoms with E-state index in [4.69, 9.17) is 11.6 Å². The molecule has 12 nitrogen and oxygen atoms in total. The van der Waals surface area contributed by atoms with Gasteiger partial charge in [-0.3, -0.25) is 14.8 Å². The molecule has 1 aliphatic rings. The summed E-state index contributed by atoms with van der Waals surface area (Å²) in [7, 11) is -0.0852. The number of carboxylic acid groups (broad SMARTS) is 1. The summed E-state index contributed by atoms with van der Waals surface area (Å²) < 4.78 is 17.6. The molecule has 0 bridgehead atoms. The van der Waals surface area contributed by atoms with Gasteiger partial charge in [0, 0.05) is 89.7 Å². The minimum Gasteiger partial charge on any atom is -0.477 e. The lowest BCUT2D eigenvalue weighted by Crippen LogP contribution is -2.46. The third-order valence-electron chi connectivity index (χ3n) is 9.40. The largest absolute Gasteiger partial charge is 0.477 e. The van der Waals surface area contributed by atoms with Gasteiger partial charge < -0.3 is 24.9 Å². The number of nitrogens with one attached hydrogen (secondary N) is 2. The van der Waals surface area contributed by atoms with Crippen molar-refractivity contribution in [3.05, 3.63) is 142 Å². The Hall–Kier alpha value is -5.83. The Labute approximate surface area is 335 Å². The highest BCUT2D eigenvalue weighted by atomic mass is 35.5. The number of hydrogen-bond acceptors (Lipinski definition) is 9. The van der Waals surface area contributed by atoms with Crippen LogP contribution in [0.25, 0.3) is 22.4 Å². The first-order valence-electron chi connectivity index (χ1n) is 17.8. The number of anilines is 4. The number of piperazine rings is 1. The standard InChI is InChI=1S/C41H38ClN7O5S2/c1-46-40(41(50)51)38(39(44-46)28-10-12-30(42)13-11-28)29-6-5-7-33(26-29)48-23-21-47(22-24-48)32-16-14-31(15-17-32)45-56(54)35-18-19-36(37(27-35)49(52)53)43-20-25-55-34-8-3-2-4-9-34/h2-19,26-27,43,45H,20-25H2,1H3,(H,50,51). The Balaban J connectivity index is 0.968. The molecule has 3 N–H and O–H groups in total. The number of thioether (sulfide) groups is 1. The first-order valence-corrected chi connectivity index (χ1v) is 20.3. The zero-order valence-corrected chi connectivity index (χ0v) is 32.7. The van der Waals surface area contributed by atoms with Crippen molar-refractivity contribution in [1.82, 2.24) is 9.78 Å². The summed E-state index contributed by atoms with van der Waals surface area (Å²) in [5.41, 5.74) is 5.63. The number of aromatic nitrogens is 2. The van der Waals surface area contributed by atoms with Gasteiger partial charge in [0.15, 0.2) is 16.7 Å². The van der Waals surface area contributed by atoms with Crippen molar-refractivity contribution in [3.8, 4) is 22.4 Å². The first-order chi connectivity index (χ1) is 27.1. The molecule has 6 aromatic rings. The number of nitrogens with zero attached hydrogens (tertiary/aromatic N) is 5. The molecule has 1 atom stereocenters. The van der Waals surface area contributed by atoms with Crippen molar-refractivity contribution in [3.63, 3.8) is 0 Å². The van der Waals surface area contributed by atoms with E-state index in [9.17, 15) is 24.2 Å². The maximum Gasteiger partial charge on any atom is 0.354 e. The number of benzene rings is 5. The third-order valence-corrected chi connectivity index (χ3v) is 11.8. The predicted molar refractivity (Wildman–Crippen MR) is 226 cm³/mol. The molecule has 0 aliphatic carbocycles. The molecule has 1 aliphatic heterocycles. The van der Waals surface area contributed by atoms with Crippen molar-refractivity contribution < 1.29 is 19.0 Å². The molecular weight excluding hydrogens is 770 g/mol. The molecule has 0 radical (unpaired) electrons. The molecule has 0 spiro atoms. The lowest BCUT2D eigenvalue weighted by Gasteiger charge is -2.37. The fourth-order valence-electron chi connectivity index (χ4n) is 6.64. The quantitative estimate of drug-likeness (QED) is 0.0423. The molecule has 5 aromatic carbocycles. The van der Waals surface area contributed by atoms with Gasteiger partial charge in [0.2, 0.25) is 0 Å². The molecule has 0 amide bonds. The van der Waals surface area contributed by atoms with E-state index in [1.807, 2.05) is 91.0 Å². The zero-order valence-electron chi connectivity index (χ0n) is 30.3. The lowest BCUT2D eigenvalue weighted by atomic mass is 9.98. The second-order valence-electron chi connectivity index (χ2n) is 13.0. The number of halogens is 1. The molecule has 1 saturated heterocycles. The van der Waals surface area contributed by atoms with Crippen molar-refractivity contribution in [2.45, 2.75) is 9.79 Å².